The van der Waals surface area contributed by atoms with E-state index in [0.717, 1.165) is 6.07 Å². The number of nitrogens with two attached hydrogens (primary N) is 1. The molecule has 5 nitrogen and oxygen atoms in total. The number of methoxy groups -OCH3 is 2. The molecule has 0 unspecified atom stereocenters. The van der Waals surface area contributed by atoms with E-state index in [1.165, 1.54) is 31.0 Å². The number of benzene rings is 1. The summed E-state index contributed by atoms with van der Waals surface area (Å²) >= 11 is 0. The maximum absolute atomic E-state index is 13.2. The highest BCUT2D eigenvalue weighted by molar-refractivity contribution is 5.71. The molecule has 0 aliphatic carbocycles. The first kappa shape index (κ1) is 15.0. The Kier molecular flexibility index (Phi) is 3.71. The fraction of sp³-hybridized carbons (Fsp3) is 0.308. The quantitative estimate of drug-likeness (QED) is 0.947. The molecule has 0 spiro atoms. The lowest BCUT2D eigenvalue weighted by molar-refractivity contribution is -0.137. The average molecular weight is 301 g/mol. The van der Waals surface area contributed by atoms with Gasteiger partial charge in [0.25, 0.3) is 0 Å². The maximum atomic E-state index is 13.2. The fourth-order valence-electron chi connectivity index (χ4n) is 1.94. The first-order valence-electron chi connectivity index (χ1n) is 5.91. The predicted molar refractivity (Wildman–Crippen MR) is 71.2 cm³/mol. The number of aryl methyl sites for hydroxylation is 1. The summed E-state index contributed by atoms with van der Waals surface area (Å²) in [7, 11) is 4.17. The molecule has 0 amide bonds. The van der Waals surface area contributed by atoms with Crippen LogP contribution >= 0.6 is 0 Å². The van der Waals surface area contributed by atoms with Gasteiger partial charge in [0.1, 0.15) is 5.82 Å². The van der Waals surface area contributed by atoms with Crippen molar-refractivity contribution in [3.8, 4) is 22.8 Å². The van der Waals surface area contributed by atoms with Crippen LogP contribution in [0.2, 0.25) is 0 Å². The average Bonchev–Trinajstić information content (AvgIpc) is 2.76. The molecule has 2 aromatic rings. The van der Waals surface area contributed by atoms with Gasteiger partial charge in [-0.25, -0.2) is 0 Å². The van der Waals surface area contributed by atoms with Crippen LogP contribution in [0.1, 0.15) is 5.56 Å². The van der Waals surface area contributed by atoms with Crippen LogP contribution in [0.25, 0.3) is 11.3 Å². The number of aromatic nitrogens is 2. The predicted octanol–water partition coefficient (Wildman–Crippen LogP) is 2.71. The second-order valence-corrected chi connectivity index (χ2v) is 4.33. The van der Waals surface area contributed by atoms with Crippen molar-refractivity contribution in [1.82, 2.24) is 9.78 Å². The number of hydrogen-bond acceptors (Lipinski definition) is 4. The molecule has 1 aromatic heterocycles. The second kappa shape index (κ2) is 5.19. The third-order valence-electron chi connectivity index (χ3n) is 3.02. The van der Waals surface area contributed by atoms with Gasteiger partial charge in [-0.1, -0.05) is 0 Å². The Labute approximate surface area is 119 Å². The maximum Gasteiger partial charge on any atom is 0.417 e. The van der Waals surface area contributed by atoms with Crippen LogP contribution < -0.4 is 15.2 Å². The Hall–Kier alpha value is -2.38. The van der Waals surface area contributed by atoms with Crippen molar-refractivity contribution in [2.45, 2.75) is 6.18 Å². The van der Waals surface area contributed by atoms with Gasteiger partial charge in [-0.3, -0.25) is 4.68 Å². The van der Waals surface area contributed by atoms with Gasteiger partial charge in [0.15, 0.2) is 11.5 Å². The standard InChI is InChI=1S/C13H14F3N3O2/c1-19-12(17)6-9(18-19)7-4-10(20-2)11(21-3)5-8(7)13(14,15)16/h4-6H,17H2,1-3H3. The van der Waals surface area contributed by atoms with Gasteiger partial charge in [-0.2, -0.15) is 18.3 Å². The molecule has 0 atom stereocenters. The number of anilines is 1. The van der Waals surface area contributed by atoms with Crippen molar-refractivity contribution in [3.63, 3.8) is 0 Å². The first-order chi connectivity index (χ1) is 9.77. The highest BCUT2D eigenvalue weighted by Gasteiger charge is 2.36. The monoisotopic (exact) mass is 301 g/mol. The first-order valence-corrected chi connectivity index (χ1v) is 5.91. The van der Waals surface area contributed by atoms with E-state index in [1.807, 2.05) is 0 Å². The van der Waals surface area contributed by atoms with Gasteiger partial charge in [0.05, 0.1) is 25.5 Å². The summed E-state index contributed by atoms with van der Waals surface area (Å²) in [6.45, 7) is 0. The molecule has 0 aliphatic heterocycles. The van der Waals surface area contributed by atoms with Gasteiger partial charge in [0, 0.05) is 18.7 Å². The van der Waals surface area contributed by atoms with Gasteiger partial charge >= 0.3 is 6.18 Å². The SMILES string of the molecule is COc1cc(-c2cc(N)n(C)n2)c(C(F)(F)F)cc1OC. The minimum absolute atomic E-state index is 0.00234. The Morgan fingerprint density at radius 3 is 2.10 bits per heavy atom. The van der Waals surface area contributed by atoms with E-state index in [0.29, 0.717) is 0 Å². The molecule has 8 heteroatoms. The summed E-state index contributed by atoms with van der Waals surface area (Å²) in [6.07, 6.45) is -4.55. The van der Waals surface area contributed by atoms with Gasteiger partial charge in [-0.15, -0.1) is 0 Å². The van der Waals surface area contributed by atoms with Crippen LogP contribution in [0.3, 0.4) is 0 Å². The van der Waals surface area contributed by atoms with E-state index in [4.69, 9.17) is 15.2 Å². The number of rotatable bonds is 3. The summed E-state index contributed by atoms with van der Waals surface area (Å²) in [6, 6.07) is 3.50. The highest BCUT2D eigenvalue weighted by atomic mass is 19.4. The van der Waals surface area contributed by atoms with E-state index in [-0.39, 0.29) is 28.6 Å². The van der Waals surface area contributed by atoms with E-state index < -0.39 is 11.7 Å². The summed E-state index contributed by atoms with van der Waals surface area (Å²) in [5.74, 6) is 0.440. The molecule has 2 N–H and O–H groups in total. The van der Waals surface area contributed by atoms with Gasteiger partial charge in [-0.05, 0) is 12.1 Å². The summed E-state index contributed by atoms with van der Waals surface area (Å²) in [5, 5.41) is 3.98. The zero-order valence-corrected chi connectivity index (χ0v) is 11.7. The number of halogens is 3. The van der Waals surface area contributed by atoms with Crippen molar-refractivity contribution in [2.24, 2.45) is 7.05 Å². The zero-order valence-electron chi connectivity index (χ0n) is 11.7. The lowest BCUT2D eigenvalue weighted by Crippen LogP contribution is -2.08. The van der Waals surface area contributed by atoms with Crippen LogP contribution in [-0.4, -0.2) is 24.0 Å². The molecule has 0 radical (unpaired) electrons. The third kappa shape index (κ3) is 2.74. The molecular weight excluding hydrogens is 287 g/mol. The van der Waals surface area contributed by atoms with Crippen molar-refractivity contribution in [2.75, 3.05) is 20.0 Å². The lowest BCUT2D eigenvalue weighted by Gasteiger charge is -2.15. The molecule has 1 aromatic carbocycles. The molecular formula is C13H14F3N3O2. The summed E-state index contributed by atoms with van der Waals surface area (Å²) in [5.41, 5.74) is 4.76. The largest absolute Gasteiger partial charge is 0.493 e. The molecule has 0 aliphatic rings. The molecule has 1 heterocycles. The van der Waals surface area contributed by atoms with Crippen molar-refractivity contribution < 1.29 is 22.6 Å². The normalized spacial score (nSPS) is 11.5. The minimum Gasteiger partial charge on any atom is -0.493 e. The Morgan fingerprint density at radius 2 is 1.67 bits per heavy atom. The Balaban J connectivity index is 2.73. The number of alkyl halides is 3. The van der Waals surface area contributed by atoms with E-state index >= 15 is 0 Å². The third-order valence-corrected chi connectivity index (χ3v) is 3.02. The van der Waals surface area contributed by atoms with Crippen LogP contribution in [0.15, 0.2) is 18.2 Å². The molecule has 0 saturated heterocycles. The number of hydrogen-bond donors (Lipinski definition) is 1. The van der Waals surface area contributed by atoms with Crippen LogP contribution in [0, 0.1) is 0 Å². The second-order valence-electron chi connectivity index (χ2n) is 4.33. The Morgan fingerprint density at radius 1 is 1.10 bits per heavy atom. The van der Waals surface area contributed by atoms with E-state index in [9.17, 15) is 13.2 Å². The molecule has 0 bridgehead atoms. The molecule has 0 saturated carbocycles. The van der Waals surface area contributed by atoms with E-state index in [1.54, 1.807) is 7.05 Å². The Bertz CT molecular complexity index is 646. The highest BCUT2D eigenvalue weighted by Crippen LogP contribution is 2.43. The number of nitrogen functional groups attached to an aromatic ring is 1. The van der Waals surface area contributed by atoms with E-state index in [2.05, 4.69) is 5.10 Å². The molecule has 114 valence electrons. The topological polar surface area (TPSA) is 62.3 Å². The lowest BCUT2D eigenvalue weighted by atomic mass is 10.0. The number of nitrogens with zero attached hydrogens (tertiary/aromatic N) is 2. The summed E-state index contributed by atoms with van der Waals surface area (Å²) < 4.78 is 51.0. The van der Waals surface area contributed by atoms with Crippen LogP contribution in [-0.2, 0) is 13.2 Å². The molecule has 2 rings (SSSR count). The van der Waals surface area contributed by atoms with Crippen molar-refractivity contribution in [3.05, 3.63) is 23.8 Å². The van der Waals surface area contributed by atoms with Crippen LogP contribution in [0.4, 0.5) is 19.0 Å². The number of ether oxygens (including phenoxy) is 2. The molecule has 0 fully saturated rings. The van der Waals surface area contributed by atoms with Crippen molar-refractivity contribution in [1.29, 1.82) is 0 Å². The minimum atomic E-state index is -4.55. The molecule has 21 heavy (non-hydrogen) atoms. The summed E-state index contributed by atoms with van der Waals surface area (Å²) in [4.78, 5) is 0. The van der Waals surface area contributed by atoms with Gasteiger partial charge in [0.2, 0.25) is 0 Å². The zero-order chi connectivity index (χ0) is 15.8. The fourth-order valence-corrected chi connectivity index (χ4v) is 1.94. The van der Waals surface area contributed by atoms with Crippen LogP contribution in [0.5, 0.6) is 11.5 Å². The van der Waals surface area contributed by atoms with Gasteiger partial charge < -0.3 is 15.2 Å². The van der Waals surface area contributed by atoms with Crippen molar-refractivity contribution >= 4 is 5.82 Å². The smallest absolute Gasteiger partial charge is 0.417 e.